The summed E-state index contributed by atoms with van der Waals surface area (Å²) >= 11 is 0. The molecule has 0 aliphatic carbocycles. The standard InChI is InChI=1S/C6H10O5/c7-5(8)3-9-4-6-10-1-2-11-6/h6H,1-4H2,(H,7,8). The smallest absolute Gasteiger partial charge is 0.329 e. The van der Waals surface area contributed by atoms with E-state index >= 15 is 0 Å². The molecule has 1 N–H and O–H groups in total. The van der Waals surface area contributed by atoms with Crippen LogP contribution in [0.3, 0.4) is 0 Å². The highest BCUT2D eigenvalue weighted by Gasteiger charge is 2.15. The molecule has 0 radical (unpaired) electrons. The fourth-order valence-electron chi connectivity index (χ4n) is 0.746. The molecule has 0 bridgehead atoms. The summed E-state index contributed by atoms with van der Waals surface area (Å²) in [6.07, 6.45) is -0.380. The summed E-state index contributed by atoms with van der Waals surface area (Å²) in [6, 6.07) is 0. The molecule has 0 atom stereocenters. The van der Waals surface area contributed by atoms with Crippen LogP contribution < -0.4 is 0 Å². The van der Waals surface area contributed by atoms with Crippen molar-refractivity contribution in [1.82, 2.24) is 0 Å². The second kappa shape index (κ2) is 4.27. The molecular weight excluding hydrogens is 152 g/mol. The van der Waals surface area contributed by atoms with Gasteiger partial charge in [-0.15, -0.1) is 0 Å². The number of hydrogen-bond donors (Lipinski definition) is 1. The molecule has 5 heteroatoms. The van der Waals surface area contributed by atoms with Gasteiger partial charge in [-0.2, -0.15) is 0 Å². The summed E-state index contributed by atoms with van der Waals surface area (Å²) in [7, 11) is 0. The fourth-order valence-corrected chi connectivity index (χ4v) is 0.746. The predicted octanol–water partition coefficient (Wildman–Crippen LogP) is -0.540. The van der Waals surface area contributed by atoms with Gasteiger partial charge in [-0.1, -0.05) is 0 Å². The van der Waals surface area contributed by atoms with Crippen molar-refractivity contribution in [2.45, 2.75) is 6.29 Å². The van der Waals surface area contributed by atoms with Gasteiger partial charge in [0, 0.05) is 0 Å². The molecule has 0 aromatic rings. The molecule has 64 valence electrons. The van der Waals surface area contributed by atoms with E-state index in [1.165, 1.54) is 0 Å². The molecule has 0 unspecified atom stereocenters. The first-order chi connectivity index (χ1) is 5.29. The molecule has 1 aliphatic rings. The minimum absolute atomic E-state index is 0.187. The van der Waals surface area contributed by atoms with Crippen molar-refractivity contribution < 1.29 is 24.1 Å². The number of hydrogen-bond acceptors (Lipinski definition) is 4. The van der Waals surface area contributed by atoms with Crippen LogP contribution in [0.15, 0.2) is 0 Å². The zero-order valence-corrected chi connectivity index (χ0v) is 5.99. The maximum Gasteiger partial charge on any atom is 0.329 e. The van der Waals surface area contributed by atoms with Crippen LogP contribution in [0, 0.1) is 0 Å². The zero-order chi connectivity index (χ0) is 8.10. The molecule has 5 nitrogen and oxygen atoms in total. The lowest BCUT2D eigenvalue weighted by Gasteiger charge is -2.07. The van der Waals surface area contributed by atoms with E-state index in [2.05, 4.69) is 0 Å². The Morgan fingerprint density at radius 3 is 2.73 bits per heavy atom. The Morgan fingerprint density at radius 1 is 1.55 bits per heavy atom. The van der Waals surface area contributed by atoms with Crippen molar-refractivity contribution >= 4 is 5.97 Å². The normalized spacial score (nSPS) is 18.9. The molecule has 0 aromatic carbocycles. The Hall–Kier alpha value is -0.650. The van der Waals surface area contributed by atoms with Crippen LogP contribution in [0.1, 0.15) is 0 Å². The summed E-state index contributed by atoms with van der Waals surface area (Å²) in [5.74, 6) is -0.983. The highest BCUT2D eigenvalue weighted by molar-refractivity contribution is 5.67. The summed E-state index contributed by atoms with van der Waals surface area (Å²) < 4.78 is 14.7. The monoisotopic (exact) mass is 162 g/mol. The Bertz CT molecular complexity index is 129. The van der Waals surface area contributed by atoms with E-state index in [1.54, 1.807) is 0 Å². The van der Waals surface area contributed by atoms with E-state index in [1.807, 2.05) is 0 Å². The van der Waals surface area contributed by atoms with Crippen LogP contribution in [0.2, 0.25) is 0 Å². The van der Waals surface area contributed by atoms with Crippen molar-refractivity contribution in [1.29, 1.82) is 0 Å². The highest BCUT2D eigenvalue weighted by atomic mass is 16.7. The third-order valence-electron chi connectivity index (χ3n) is 1.17. The first kappa shape index (κ1) is 8.45. The number of carbonyl (C=O) groups is 1. The lowest BCUT2D eigenvalue weighted by molar-refractivity contribution is -0.147. The largest absolute Gasteiger partial charge is 0.480 e. The highest BCUT2D eigenvalue weighted by Crippen LogP contribution is 2.02. The Balaban J connectivity index is 1.98. The van der Waals surface area contributed by atoms with Gasteiger partial charge in [0.1, 0.15) is 6.61 Å². The average Bonchev–Trinajstić information content (AvgIpc) is 2.39. The molecule has 1 aliphatic heterocycles. The van der Waals surface area contributed by atoms with Crippen molar-refractivity contribution in [3.05, 3.63) is 0 Å². The van der Waals surface area contributed by atoms with Crippen LogP contribution >= 0.6 is 0 Å². The molecule has 0 spiro atoms. The van der Waals surface area contributed by atoms with Gasteiger partial charge < -0.3 is 19.3 Å². The van der Waals surface area contributed by atoms with E-state index in [4.69, 9.17) is 19.3 Å². The number of aliphatic carboxylic acids is 1. The minimum Gasteiger partial charge on any atom is -0.480 e. The average molecular weight is 162 g/mol. The molecule has 0 aromatic heterocycles. The van der Waals surface area contributed by atoms with Crippen LogP contribution in [-0.4, -0.2) is 43.8 Å². The summed E-state index contributed by atoms with van der Waals surface area (Å²) in [5, 5.41) is 8.18. The van der Waals surface area contributed by atoms with E-state index in [0.717, 1.165) is 0 Å². The van der Waals surface area contributed by atoms with Crippen molar-refractivity contribution in [2.24, 2.45) is 0 Å². The van der Waals surface area contributed by atoms with E-state index in [0.29, 0.717) is 13.2 Å². The maximum atomic E-state index is 9.97. The van der Waals surface area contributed by atoms with Gasteiger partial charge in [0.2, 0.25) is 0 Å². The van der Waals surface area contributed by atoms with Crippen molar-refractivity contribution in [3.8, 4) is 0 Å². The van der Waals surface area contributed by atoms with Gasteiger partial charge in [-0.05, 0) is 0 Å². The lowest BCUT2D eigenvalue weighted by Crippen LogP contribution is -2.19. The van der Waals surface area contributed by atoms with Crippen LogP contribution in [-0.2, 0) is 19.0 Å². The first-order valence-corrected chi connectivity index (χ1v) is 3.32. The number of carboxylic acids is 1. The van der Waals surface area contributed by atoms with Gasteiger partial charge >= 0.3 is 5.97 Å². The van der Waals surface area contributed by atoms with Crippen LogP contribution in [0.25, 0.3) is 0 Å². The second-order valence-electron chi connectivity index (χ2n) is 2.08. The molecule has 1 saturated heterocycles. The van der Waals surface area contributed by atoms with E-state index < -0.39 is 5.97 Å². The molecular formula is C6H10O5. The summed E-state index contributed by atoms with van der Waals surface area (Å²) in [5.41, 5.74) is 0. The minimum atomic E-state index is -0.983. The predicted molar refractivity (Wildman–Crippen MR) is 34.1 cm³/mol. The van der Waals surface area contributed by atoms with Gasteiger partial charge in [0.25, 0.3) is 0 Å². The van der Waals surface area contributed by atoms with E-state index in [-0.39, 0.29) is 19.5 Å². The maximum absolute atomic E-state index is 9.97. The molecule has 1 heterocycles. The van der Waals surface area contributed by atoms with Gasteiger partial charge in [0.15, 0.2) is 6.29 Å². The Kier molecular flexibility index (Phi) is 3.28. The van der Waals surface area contributed by atoms with Crippen LogP contribution in [0.5, 0.6) is 0 Å². The van der Waals surface area contributed by atoms with Gasteiger partial charge in [0.05, 0.1) is 19.8 Å². The quantitative estimate of drug-likeness (QED) is 0.601. The molecule has 1 rings (SSSR count). The number of carboxylic acid groups (broad SMARTS) is 1. The number of ether oxygens (including phenoxy) is 3. The van der Waals surface area contributed by atoms with Crippen molar-refractivity contribution in [3.63, 3.8) is 0 Å². The molecule has 0 amide bonds. The Morgan fingerprint density at radius 2 is 2.18 bits per heavy atom. The van der Waals surface area contributed by atoms with Crippen LogP contribution in [0.4, 0.5) is 0 Å². The third-order valence-corrected chi connectivity index (χ3v) is 1.17. The second-order valence-corrected chi connectivity index (χ2v) is 2.08. The van der Waals surface area contributed by atoms with Gasteiger partial charge in [-0.3, -0.25) is 0 Å². The molecule has 0 saturated carbocycles. The molecule has 1 fully saturated rings. The third kappa shape index (κ3) is 3.31. The Labute approximate surface area is 63.9 Å². The van der Waals surface area contributed by atoms with Gasteiger partial charge in [-0.25, -0.2) is 4.79 Å². The fraction of sp³-hybridized carbons (Fsp3) is 0.833. The summed E-state index contributed by atoms with van der Waals surface area (Å²) in [6.45, 7) is 0.998. The van der Waals surface area contributed by atoms with E-state index in [9.17, 15) is 4.79 Å². The SMILES string of the molecule is O=C(O)COCC1OCCO1. The summed E-state index contributed by atoms with van der Waals surface area (Å²) in [4.78, 5) is 9.97. The first-order valence-electron chi connectivity index (χ1n) is 3.32. The topological polar surface area (TPSA) is 65.0 Å². The lowest BCUT2D eigenvalue weighted by atomic mass is 10.6. The van der Waals surface area contributed by atoms with Crippen molar-refractivity contribution in [2.75, 3.05) is 26.4 Å². The zero-order valence-electron chi connectivity index (χ0n) is 5.99. The molecule has 11 heavy (non-hydrogen) atoms. The number of rotatable bonds is 4.